The van der Waals surface area contributed by atoms with E-state index in [1.807, 2.05) is 29.2 Å². The average molecular weight is 502 g/mol. The van der Waals surface area contributed by atoms with E-state index >= 15 is 0 Å². The SMILES string of the molecule is Cc1cc2nc(-c3ccccc3)c(N3CCN(C(=O)c4cncc(Br)c4)CC3)nc2cc1C. The van der Waals surface area contributed by atoms with Crippen LogP contribution >= 0.6 is 15.9 Å². The molecule has 3 heterocycles. The number of benzene rings is 2. The van der Waals surface area contributed by atoms with Gasteiger partial charge in [0.05, 0.1) is 16.6 Å². The van der Waals surface area contributed by atoms with Crippen molar-refractivity contribution in [3.05, 3.63) is 82.1 Å². The maximum Gasteiger partial charge on any atom is 0.255 e. The largest absolute Gasteiger partial charge is 0.351 e. The lowest BCUT2D eigenvalue weighted by atomic mass is 10.1. The Labute approximate surface area is 201 Å². The summed E-state index contributed by atoms with van der Waals surface area (Å²) in [6.45, 7) is 6.82. The van der Waals surface area contributed by atoms with E-state index in [1.54, 1.807) is 12.4 Å². The molecule has 0 atom stereocenters. The molecule has 5 rings (SSSR count). The van der Waals surface area contributed by atoms with Crippen LogP contribution in [0.4, 0.5) is 5.82 Å². The molecule has 1 saturated heterocycles. The molecule has 0 saturated carbocycles. The number of piperazine rings is 1. The van der Waals surface area contributed by atoms with Crippen LogP contribution < -0.4 is 4.90 Å². The highest BCUT2D eigenvalue weighted by atomic mass is 79.9. The van der Waals surface area contributed by atoms with Gasteiger partial charge in [0, 0.05) is 48.6 Å². The molecule has 2 aromatic carbocycles. The number of amides is 1. The van der Waals surface area contributed by atoms with Crippen LogP contribution in [0.1, 0.15) is 21.5 Å². The van der Waals surface area contributed by atoms with Gasteiger partial charge in [-0.25, -0.2) is 9.97 Å². The lowest BCUT2D eigenvalue weighted by Gasteiger charge is -2.36. The molecule has 0 aliphatic carbocycles. The maximum absolute atomic E-state index is 12.9. The average Bonchev–Trinajstić information content (AvgIpc) is 2.84. The monoisotopic (exact) mass is 501 g/mol. The lowest BCUT2D eigenvalue weighted by Crippen LogP contribution is -2.49. The van der Waals surface area contributed by atoms with Gasteiger partial charge in [0.25, 0.3) is 5.91 Å². The van der Waals surface area contributed by atoms with Crippen molar-refractivity contribution in [3.8, 4) is 11.3 Å². The van der Waals surface area contributed by atoms with Gasteiger partial charge in [-0.05, 0) is 59.1 Å². The number of aryl methyl sites for hydroxylation is 2. The van der Waals surface area contributed by atoms with Crippen molar-refractivity contribution < 1.29 is 4.79 Å². The van der Waals surface area contributed by atoms with E-state index < -0.39 is 0 Å². The fourth-order valence-corrected chi connectivity index (χ4v) is 4.51. The summed E-state index contributed by atoms with van der Waals surface area (Å²) in [7, 11) is 0. The number of hydrogen-bond donors (Lipinski definition) is 0. The number of halogens is 1. The van der Waals surface area contributed by atoms with Crippen molar-refractivity contribution >= 4 is 38.7 Å². The number of nitrogens with zero attached hydrogens (tertiary/aromatic N) is 5. The molecule has 166 valence electrons. The van der Waals surface area contributed by atoms with Crippen molar-refractivity contribution in [2.24, 2.45) is 0 Å². The Kier molecular flexibility index (Phi) is 5.81. The molecule has 0 unspecified atom stereocenters. The molecule has 0 N–H and O–H groups in total. The minimum atomic E-state index is 0.00225. The van der Waals surface area contributed by atoms with Crippen molar-refractivity contribution in [2.75, 3.05) is 31.1 Å². The van der Waals surface area contributed by atoms with Crippen molar-refractivity contribution in [2.45, 2.75) is 13.8 Å². The fraction of sp³-hybridized carbons (Fsp3) is 0.231. The third-order valence-corrected chi connectivity index (χ3v) is 6.56. The fourth-order valence-electron chi connectivity index (χ4n) is 4.15. The van der Waals surface area contributed by atoms with E-state index in [2.05, 4.69) is 63.9 Å². The van der Waals surface area contributed by atoms with Gasteiger partial charge in [0.15, 0.2) is 5.82 Å². The lowest BCUT2D eigenvalue weighted by molar-refractivity contribution is 0.0746. The topological polar surface area (TPSA) is 62.2 Å². The Morgan fingerprint density at radius 1 is 0.879 bits per heavy atom. The summed E-state index contributed by atoms with van der Waals surface area (Å²) in [5, 5.41) is 0. The summed E-state index contributed by atoms with van der Waals surface area (Å²) in [6.07, 6.45) is 3.30. The smallest absolute Gasteiger partial charge is 0.255 e. The van der Waals surface area contributed by atoms with Crippen LogP contribution in [-0.4, -0.2) is 51.9 Å². The first kappa shape index (κ1) is 21.5. The first-order valence-corrected chi connectivity index (χ1v) is 11.8. The zero-order chi connectivity index (χ0) is 22.9. The van der Waals surface area contributed by atoms with Crippen LogP contribution in [0.5, 0.6) is 0 Å². The van der Waals surface area contributed by atoms with Gasteiger partial charge in [-0.1, -0.05) is 30.3 Å². The summed E-state index contributed by atoms with van der Waals surface area (Å²) in [4.78, 5) is 31.3. The normalized spacial score (nSPS) is 14.0. The summed E-state index contributed by atoms with van der Waals surface area (Å²) < 4.78 is 0.802. The Hall–Kier alpha value is -3.32. The van der Waals surface area contributed by atoms with Crippen LogP contribution in [0.2, 0.25) is 0 Å². The Bertz CT molecular complexity index is 1330. The molecule has 0 bridgehead atoms. The second-order valence-electron chi connectivity index (χ2n) is 8.36. The third kappa shape index (κ3) is 4.33. The second kappa shape index (κ2) is 8.90. The molecule has 1 aliphatic rings. The van der Waals surface area contributed by atoms with Gasteiger partial charge in [0.2, 0.25) is 0 Å². The molecule has 4 aromatic rings. The standard InChI is InChI=1S/C26H24BrN5O/c1-17-12-22-23(13-18(17)2)30-25(24(29-22)19-6-4-3-5-7-19)31-8-10-32(11-9-31)26(33)20-14-21(27)16-28-15-20/h3-7,12-16H,8-11H2,1-2H3. The summed E-state index contributed by atoms with van der Waals surface area (Å²) in [6, 6.07) is 16.2. The molecule has 1 amide bonds. The first-order valence-electron chi connectivity index (χ1n) is 11.0. The predicted molar refractivity (Wildman–Crippen MR) is 135 cm³/mol. The maximum atomic E-state index is 12.9. The number of carbonyl (C=O) groups excluding carboxylic acids is 1. The van der Waals surface area contributed by atoms with Gasteiger partial charge < -0.3 is 9.80 Å². The van der Waals surface area contributed by atoms with Gasteiger partial charge in [-0.15, -0.1) is 0 Å². The number of carbonyl (C=O) groups is 1. The highest BCUT2D eigenvalue weighted by molar-refractivity contribution is 9.10. The molecular weight excluding hydrogens is 478 g/mol. The molecule has 2 aromatic heterocycles. The van der Waals surface area contributed by atoms with Crippen molar-refractivity contribution in [1.29, 1.82) is 0 Å². The van der Waals surface area contributed by atoms with Gasteiger partial charge in [-0.2, -0.15) is 0 Å². The molecule has 7 heteroatoms. The van der Waals surface area contributed by atoms with Crippen molar-refractivity contribution in [1.82, 2.24) is 19.9 Å². The Balaban J connectivity index is 1.47. The van der Waals surface area contributed by atoms with E-state index in [0.717, 1.165) is 32.6 Å². The number of rotatable bonds is 3. The Morgan fingerprint density at radius 2 is 1.55 bits per heavy atom. The molecule has 33 heavy (non-hydrogen) atoms. The van der Waals surface area contributed by atoms with Crippen LogP contribution in [-0.2, 0) is 0 Å². The second-order valence-corrected chi connectivity index (χ2v) is 9.27. The molecule has 1 aliphatic heterocycles. The zero-order valence-electron chi connectivity index (χ0n) is 18.6. The van der Waals surface area contributed by atoms with E-state index in [1.165, 1.54) is 11.1 Å². The molecule has 0 radical (unpaired) electrons. The van der Waals surface area contributed by atoms with Crippen LogP contribution in [0, 0.1) is 13.8 Å². The minimum absolute atomic E-state index is 0.00225. The highest BCUT2D eigenvalue weighted by Crippen LogP contribution is 2.31. The minimum Gasteiger partial charge on any atom is -0.351 e. The molecule has 0 spiro atoms. The number of anilines is 1. The third-order valence-electron chi connectivity index (χ3n) is 6.13. The van der Waals surface area contributed by atoms with Gasteiger partial charge >= 0.3 is 0 Å². The number of hydrogen-bond acceptors (Lipinski definition) is 5. The van der Waals surface area contributed by atoms with E-state index in [4.69, 9.17) is 9.97 Å². The molecular formula is C26H24BrN5O. The van der Waals surface area contributed by atoms with Crippen LogP contribution in [0.25, 0.3) is 22.3 Å². The first-order chi connectivity index (χ1) is 16.0. The predicted octanol–water partition coefficient (Wildman–Crippen LogP) is 5.03. The summed E-state index contributed by atoms with van der Waals surface area (Å²) in [5.41, 5.74) is 6.72. The zero-order valence-corrected chi connectivity index (χ0v) is 20.2. The van der Waals surface area contributed by atoms with E-state index in [-0.39, 0.29) is 5.91 Å². The number of fused-ring (bicyclic) bond motifs is 1. The molecule has 6 nitrogen and oxygen atoms in total. The summed E-state index contributed by atoms with van der Waals surface area (Å²) >= 11 is 3.40. The summed E-state index contributed by atoms with van der Waals surface area (Å²) in [5.74, 6) is 0.871. The van der Waals surface area contributed by atoms with Crippen LogP contribution in [0.3, 0.4) is 0 Å². The van der Waals surface area contributed by atoms with E-state index in [9.17, 15) is 4.79 Å². The van der Waals surface area contributed by atoms with E-state index in [0.29, 0.717) is 31.7 Å². The Morgan fingerprint density at radius 3 is 2.21 bits per heavy atom. The highest BCUT2D eigenvalue weighted by Gasteiger charge is 2.26. The number of pyridine rings is 1. The van der Waals surface area contributed by atoms with Crippen molar-refractivity contribution in [3.63, 3.8) is 0 Å². The van der Waals surface area contributed by atoms with Crippen LogP contribution in [0.15, 0.2) is 65.4 Å². The number of aromatic nitrogens is 3. The van der Waals surface area contributed by atoms with Gasteiger partial charge in [-0.3, -0.25) is 9.78 Å². The quantitative estimate of drug-likeness (QED) is 0.393. The van der Waals surface area contributed by atoms with Gasteiger partial charge in [0.1, 0.15) is 5.69 Å². The molecule has 1 fully saturated rings.